The van der Waals surface area contributed by atoms with Gasteiger partial charge < -0.3 is 25.2 Å². The van der Waals surface area contributed by atoms with Gasteiger partial charge in [-0.05, 0) is 18.1 Å². The van der Waals surface area contributed by atoms with Crippen LogP contribution in [0.25, 0.3) is 11.3 Å². The van der Waals surface area contributed by atoms with Gasteiger partial charge in [-0.25, -0.2) is 4.98 Å². The maximum atomic E-state index is 9.68. The fraction of sp³-hybridized carbons (Fsp3) is 0.273. The maximum absolute atomic E-state index is 9.68. The second kappa shape index (κ2) is 8.36. The van der Waals surface area contributed by atoms with Crippen LogP contribution in [0.2, 0.25) is 0 Å². The number of nitrogens with one attached hydrogen (secondary N) is 2. The molecule has 2 heterocycles. The van der Waals surface area contributed by atoms with Crippen molar-refractivity contribution in [2.75, 3.05) is 24.0 Å². The second-order valence-corrected chi connectivity index (χ2v) is 7.20. The molecule has 0 fully saturated rings. The van der Waals surface area contributed by atoms with Crippen LogP contribution in [0.5, 0.6) is 11.5 Å². The van der Waals surface area contributed by atoms with Crippen LogP contribution < -0.4 is 20.1 Å². The van der Waals surface area contributed by atoms with E-state index in [1.165, 1.54) is 0 Å². The predicted octanol–water partition coefficient (Wildman–Crippen LogP) is 4.04. The zero-order valence-corrected chi connectivity index (χ0v) is 16.4. The lowest BCUT2D eigenvalue weighted by Gasteiger charge is -2.20. The SMILES string of the molecule is CC(C)[C@H](CO)Nc1nc(Nc2ccc3c(c2)OCO3)cc(-c2ccccc2)n1. The third-order valence-corrected chi connectivity index (χ3v) is 4.76. The zero-order valence-electron chi connectivity index (χ0n) is 16.4. The average molecular weight is 392 g/mol. The summed E-state index contributed by atoms with van der Waals surface area (Å²) in [7, 11) is 0. The van der Waals surface area contributed by atoms with Crippen LogP contribution in [-0.2, 0) is 0 Å². The molecule has 3 N–H and O–H groups in total. The van der Waals surface area contributed by atoms with Gasteiger partial charge in [0, 0.05) is 23.4 Å². The normalized spacial score (nSPS) is 13.4. The molecule has 1 aliphatic heterocycles. The van der Waals surface area contributed by atoms with E-state index >= 15 is 0 Å². The number of aromatic nitrogens is 2. The minimum Gasteiger partial charge on any atom is -0.454 e. The first-order valence-electron chi connectivity index (χ1n) is 9.61. The molecule has 0 unspecified atom stereocenters. The molecule has 0 saturated carbocycles. The lowest BCUT2D eigenvalue weighted by Crippen LogP contribution is -2.30. The van der Waals surface area contributed by atoms with Crippen molar-refractivity contribution in [3.63, 3.8) is 0 Å². The van der Waals surface area contributed by atoms with Gasteiger partial charge in [-0.1, -0.05) is 44.2 Å². The Morgan fingerprint density at radius 3 is 2.55 bits per heavy atom. The van der Waals surface area contributed by atoms with Crippen LogP contribution in [0.1, 0.15) is 13.8 Å². The number of benzene rings is 2. The molecule has 1 atom stereocenters. The van der Waals surface area contributed by atoms with E-state index in [1.807, 2.05) is 68.4 Å². The first kappa shape index (κ1) is 19.0. The van der Waals surface area contributed by atoms with Crippen LogP contribution in [0.15, 0.2) is 54.6 Å². The fourth-order valence-corrected chi connectivity index (χ4v) is 3.04. The molecule has 0 bridgehead atoms. The minimum atomic E-state index is -0.139. The molecule has 4 rings (SSSR count). The number of aliphatic hydroxyl groups is 1. The summed E-state index contributed by atoms with van der Waals surface area (Å²) in [4.78, 5) is 9.26. The van der Waals surface area contributed by atoms with Crippen molar-refractivity contribution in [1.82, 2.24) is 9.97 Å². The third kappa shape index (κ3) is 4.41. The van der Waals surface area contributed by atoms with Crippen LogP contribution in [0.4, 0.5) is 17.5 Å². The molecule has 1 aromatic heterocycles. The zero-order chi connectivity index (χ0) is 20.2. The van der Waals surface area contributed by atoms with Crippen molar-refractivity contribution in [2.45, 2.75) is 19.9 Å². The quantitative estimate of drug-likeness (QED) is 0.559. The Bertz CT molecular complexity index is 979. The molecule has 29 heavy (non-hydrogen) atoms. The van der Waals surface area contributed by atoms with Gasteiger partial charge >= 0.3 is 0 Å². The number of ether oxygens (including phenoxy) is 2. The number of anilines is 3. The molecule has 1 aliphatic rings. The maximum Gasteiger partial charge on any atom is 0.231 e. The Hall–Kier alpha value is -3.32. The molecule has 0 radical (unpaired) electrons. The highest BCUT2D eigenvalue weighted by Gasteiger charge is 2.16. The first-order chi connectivity index (χ1) is 14.1. The lowest BCUT2D eigenvalue weighted by molar-refractivity contribution is 0.174. The van der Waals surface area contributed by atoms with Crippen LogP contribution in [-0.4, -0.2) is 34.5 Å². The molecular weight excluding hydrogens is 368 g/mol. The van der Waals surface area contributed by atoms with Gasteiger partial charge in [0.1, 0.15) is 5.82 Å². The summed E-state index contributed by atoms with van der Waals surface area (Å²) in [6.45, 7) is 4.32. The van der Waals surface area contributed by atoms with Crippen LogP contribution in [0.3, 0.4) is 0 Å². The summed E-state index contributed by atoms with van der Waals surface area (Å²) in [5.41, 5.74) is 2.60. The molecule has 0 aliphatic carbocycles. The Morgan fingerprint density at radius 1 is 1.00 bits per heavy atom. The van der Waals surface area contributed by atoms with Crippen molar-refractivity contribution in [2.24, 2.45) is 5.92 Å². The van der Waals surface area contributed by atoms with E-state index in [9.17, 15) is 5.11 Å². The summed E-state index contributed by atoms with van der Waals surface area (Å²) < 4.78 is 10.8. The minimum absolute atomic E-state index is 0.00150. The predicted molar refractivity (Wildman–Crippen MR) is 113 cm³/mol. The Morgan fingerprint density at radius 2 is 1.79 bits per heavy atom. The van der Waals surface area contributed by atoms with Gasteiger partial charge in [-0.2, -0.15) is 4.98 Å². The summed E-state index contributed by atoms with van der Waals surface area (Å²) >= 11 is 0. The Labute approximate surface area is 169 Å². The van der Waals surface area contributed by atoms with E-state index in [0.29, 0.717) is 17.5 Å². The molecule has 7 nitrogen and oxygen atoms in total. The smallest absolute Gasteiger partial charge is 0.231 e. The number of nitrogens with zero attached hydrogens (tertiary/aromatic N) is 2. The van der Waals surface area contributed by atoms with Crippen molar-refractivity contribution in [3.05, 3.63) is 54.6 Å². The van der Waals surface area contributed by atoms with Crippen molar-refractivity contribution in [1.29, 1.82) is 0 Å². The van der Waals surface area contributed by atoms with Gasteiger partial charge in [0.25, 0.3) is 0 Å². The van der Waals surface area contributed by atoms with E-state index in [0.717, 1.165) is 22.7 Å². The lowest BCUT2D eigenvalue weighted by atomic mass is 10.1. The number of hydrogen-bond donors (Lipinski definition) is 3. The van der Waals surface area contributed by atoms with Gasteiger partial charge in [0.05, 0.1) is 18.3 Å². The molecule has 0 saturated heterocycles. The first-order valence-corrected chi connectivity index (χ1v) is 9.61. The van der Waals surface area contributed by atoms with Crippen molar-refractivity contribution in [3.8, 4) is 22.8 Å². The summed E-state index contributed by atoms with van der Waals surface area (Å²) in [5.74, 6) is 2.76. The van der Waals surface area contributed by atoms with Crippen molar-refractivity contribution >= 4 is 17.5 Å². The van der Waals surface area contributed by atoms with Gasteiger partial charge in [0.15, 0.2) is 11.5 Å². The Balaban J connectivity index is 1.67. The largest absolute Gasteiger partial charge is 0.454 e. The standard InChI is InChI=1S/C22H24N4O3/c1-14(2)18(12-27)25-22-24-17(15-6-4-3-5-7-15)11-21(26-22)23-16-8-9-19-20(10-16)29-13-28-19/h3-11,14,18,27H,12-13H2,1-2H3,(H2,23,24,25,26)/t18-/m0/s1. The van der Waals surface area contributed by atoms with Gasteiger partial charge in [-0.3, -0.25) is 0 Å². The fourth-order valence-electron chi connectivity index (χ4n) is 3.04. The number of aliphatic hydroxyl groups excluding tert-OH is 1. The highest BCUT2D eigenvalue weighted by molar-refractivity contribution is 5.68. The van der Waals surface area contributed by atoms with Gasteiger partial charge in [0.2, 0.25) is 12.7 Å². The van der Waals surface area contributed by atoms with Crippen LogP contribution >= 0.6 is 0 Å². The van der Waals surface area contributed by atoms with E-state index in [4.69, 9.17) is 9.47 Å². The van der Waals surface area contributed by atoms with E-state index < -0.39 is 0 Å². The summed E-state index contributed by atoms with van der Waals surface area (Å²) in [5, 5.41) is 16.2. The monoisotopic (exact) mass is 392 g/mol. The molecular formula is C22H24N4O3. The van der Waals surface area contributed by atoms with Crippen molar-refractivity contribution < 1.29 is 14.6 Å². The van der Waals surface area contributed by atoms with E-state index in [-0.39, 0.29) is 25.4 Å². The number of hydrogen-bond acceptors (Lipinski definition) is 7. The third-order valence-electron chi connectivity index (χ3n) is 4.76. The highest BCUT2D eigenvalue weighted by atomic mass is 16.7. The number of rotatable bonds is 7. The number of fused-ring (bicyclic) bond motifs is 1. The highest BCUT2D eigenvalue weighted by Crippen LogP contribution is 2.35. The molecule has 7 heteroatoms. The van der Waals surface area contributed by atoms with E-state index in [2.05, 4.69) is 20.6 Å². The average Bonchev–Trinajstić information content (AvgIpc) is 3.20. The molecule has 2 aromatic carbocycles. The Kier molecular flexibility index (Phi) is 5.48. The second-order valence-electron chi connectivity index (χ2n) is 7.20. The van der Waals surface area contributed by atoms with Gasteiger partial charge in [-0.15, -0.1) is 0 Å². The van der Waals surface area contributed by atoms with E-state index in [1.54, 1.807) is 0 Å². The van der Waals surface area contributed by atoms with Crippen LogP contribution in [0, 0.1) is 5.92 Å². The molecule has 0 amide bonds. The summed E-state index contributed by atoms with van der Waals surface area (Å²) in [6.07, 6.45) is 0. The topological polar surface area (TPSA) is 88.5 Å². The summed E-state index contributed by atoms with van der Waals surface area (Å²) in [6, 6.07) is 17.3. The molecule has 150 valence electrons. The molecule has 0 spiro atoms. The molecule has 3 aromatic rings.